The number of nitrogens with zero attached hydrogens (tertiary/aromatic N) is 2. The fraction of sp³-hybridized carbons (Fsp3) is 0.538. The van der Waals surface area contributed by atoms with E-state index in [9.17, 15) is 4.79 Å². The molecule has 1 amide bonds. The van der Waals surface area contributed by atoms with E-state index in [1.165, 1.54) is 6.42 Å². The molecular formula is C13H16Cl2N2O. The van der Waals surface area contributed by atoms with E-state index in [0.29, 0.717) is 16.1 Å². The van der Waals surface area contributed by atoms with Crippen molar-refractivity contribution < 1.29 is 4.79 Å². The van der Waals surface area contributed by atoms with Gasteiger partial charge < -0.3 is 4.90 Å². The summed E-state index contributed by atoms with van der Waals surface area (Å²) in [6.07, 6.45) is 3.39. The standard InChI is InChI=1S/C13H16Cl2N2O/c1-2-3-9-6-7-17(8-9)13(18)12-10(14)4-5-11(15)16-12/h4-5,9H,2-3,6-8H2,1H3. The molecule has 2 heterocycles. The third-order valence-corrected chi connectivity index (χ3v) is 3.80. The van der Waals surface area contributed by atoms with Crippen molar-refractivity contribution in [2.45, 2.75) is 26.2 Å². The van der Waals surface area contributed by atoms with Crippen LogP contribution in [-0.4, -0.2) is 28.9 Å². The number of rotatable bonds is 3. The van der Waals surface area contributed by atoms with Crippen molar-refractivity contribution in [3.63, 3.8) is 0 Å². The summed E-state index contributed by atoms with van der Waals surface area (Å²) in [6.45, 7) is 3.76. The van der Waals surface area contributed by atoms with Crippen LogP contribution in [0.15, 0.2) is 12.1 Å². The molecule has 0 saturated carbocycles. The molecule has 0 radical (unpaired) electrons. The fourth-order valence-electron chi connectivity index (χ4n) is 2.38. The van der Waals surface area contributed by atoms with Gasteiger partial charge >= 0.3 is 0 Å². The number of carbonyl (C=O) groups excluding carboxylic acids is 1. The Bertz CT molecular complexity index is 451. The highest BCUT2D eigenvalue weighted by molar-refractivity contribution is 6.34. The number of pyridine rings is 1. The van der Waals surface area contributed by atoms with Crippen LogP contribution in [0, 0.1) is 5.92 Å². The zero-order valence-corrected chi connectivity index (χ0v) is 11.8. The van der Waals surface area contributed by atoms with Gasteiger partial charge in [-0.3, -0.25) is 4.79 Å². The molecule has 1 fully saturated rings. The van der Waals surface area contributed by atoms with Gasteiger partial charge in [0.25, 0.3) is 5.91 Å². The van der Waals surface area contributed by atoms with Crippen LogP contribution in [0.4, 0.5) is 0 Å². The first-order valence-corrected chi connectivity index (χ1v) is 6.98. The Morgan fingerprint density at radius 1 is 1.50 bits per heavy atom. The topological polar surface area (TPSA) is 33.2 Å². The maximum atomic E-state index is 12.3. The normalized spacial score (nSPS) is 19.3. The summed E-state index contributed by atoms with van der Waals surface area (Å²) in [7, 11) is 0. The molecular weight excluding hydrogens is 271 g/mol. The zero-order valence-electron chi connectivity index (χ0n) is 10.3. The third kappa shape index (κ3) is 2.96. The van der Waals surface area contributed by atoms with Gasteiger partial charge in [-0.1, -0.05) is 36.5 Å². The molecule has 0 spiro atoms. The molecule has 1 aromatic rings. The highest BCUT2D eigenvalue weighted by Gasteiger charge is 2.28. The average molecular weight is 287 g/mol. The van der Waals surface area contributed by atoms with Gasteiger partial charge in [0.05, 0.1) is 5.02 Å². The lowest BCUT2D eigenvalue weighted by Gasteiger charge is -2.16. The van der Waals surface area contributed by atoms with Gasteiger partial charge in [0.2, 0.25) is 0 Å². The average Bonchev–Trinajstić information content (AvgIpc) is 2.80. The molecule has 1 aliphatic heterocycles. The minimum atomic E-state index is -0.110. The summed E-state index contributed by atoms with van der Waals surface area (Å²) in [5.41, 5.74) is 0.265. The van der Waals surface area contributed by atoms with E-state index in [-0.39, 0.29) is 11.6 Å². The van der Waals surface area contributed by atoms with E-state index in [4.69, 9.17) is 23.2 Å². The van der Waals surface area contributed by atoms with E-state index < -0.39 is 0 Å². The predicted molar refractivity (Wildman–Crippen MR) is 73.2 cm³/mol. The van der Waals surface area contributed by atoms with Crippen LogP contribution in [-0.2, 0) is 0 Å². The molecule has 1 atom stereocenters. The van der Waals surface area contributed by atoms with E-state index in [0.717, 1.165) is 25.9 Å². The Balaban J connectivity index is 2.10. The van der Waals surface area contributed by atoms with E-state index >= 15 is 0 Å². The number of hydrogen-bond acceptors (Lipinski definition) is 2. The molecule has 98 valence electrons. The predicted octanol–water partition coefficient (Wildman–Crippen LogP) is 3.65. The maximum Gasteiger partial charge on any atom is 0.274 e. The summed E-state index contributed by atoms with van der Waals surface area (Å²) in [6, 6.07) is 3.20. The van der Waals surface area contributed by atoms with Crippen LogP contribution in [0.25, 0.3) is 0 Å². The highest BCUT2D eigenvalue weighted by Crippen LogP contribution is 2.25. The van der Waals surface area contributed by atoms with Crippen molar-refractivity contribution in [3.8, 4) is 0 Å². The van der Waals surface area contributed by atoms with E-state index in [1.54, 1.807) is 12.1 Å². The SMILES string of the molecule is CCCC1CCN(C(=O)c2nc(Cl)ccc2Cl)C1. The first kappa shape index (κ1) is 13.6. The summed E-state index contributed by atoms with van der Waals surface area (Å²) in [4.78, 5) is 18.1. The van der Waals surface area contributed by atoms with Crippen LogP contribution in [0.2, 0.25) is 10.2 Å². The molecule has 5 heteroatoms. The van der Waals surface area contributed by atoms with Crippen molar-refractivity contribution in [2.24, 2.45) is 5.92 Å². The van der Waals surface area contributed by atoms with Crippen molar-refractivity contribution in [1.82, 2.24) is 9.88 Å². The number of halogens is 2. The second-order valence-electron chi connectivity index (χ2n) is 4.66. The Hall–Kier alpha value is -0.800. The summed E-state index contributed by atoms with van der Waals surface area (Å²) < 4.78 is 0. The number of amides is 1. The second kappa shape index (κ2) is 5.89. The monoisotopic (exact) mass is 286 g/mol. The van der Waals surface area contributed by atoms with Crippen LogP contribution in [0.5, 0.6) is 0 Å². The second-order valence-corrected chi connectivity index (χ2v) is 5.45. The molecule has 0 N–H and O–H groups in total. The first-order chi connectivity index (χ1) is 8.61. The van der Waals surface area contributed by atoms with Crippen LogP contribution in [0.1, 0.15) is 36.7 Å². The van der Waals surface area contributed by atoms with E-state index in [1.807, 2.05) is 4.90 Å². The minimum Gasteiger partial charge on any atom is -0.337 e. The Morgan fingerprint density at radius 2 is 2.28 bits per heavy atom. The quantitative estimate of drug-likeness (QED) is 0.795. The molecule has 1 saturated heterocycles. The Kier molecular flexibility index (Phi) is 4.46. The van der Waals surface area contributed by atoms with Crippen LogP contribution < -0.4 is 0 Å². The molecule has 3 nitrogen and oxygen atoms in total. The summed E-state index contributed by atoms with van der Waals surface area (Å²) >= 11 is 11.8. The van der Waals surface area contributed by atoms with Crippen LogP contribution >= 0.6 is 23.2 Å². The summed E-state index contributed by atoms with van der Waals surface area (Å²) in [5.74, 6) is 0.498. The molecule has 2 rings (SSSR count). The van der Waals surface area contributed by atoms with Crippen molar-refractivity contribution in [2.75, 3.05) is 13.1 Å². The number of aromatic nitrogens is 1. The Morgan fingerprint density at radius 3 is 3.00 bits per heavy atom. The largest absolute Gasteiger partial charge is 0.337 e. The van der Waals surface area contributed by atoms with Gasteiger partial charge in [-0.15, -0.1) is 0 Å². The molecule has 0 aromatic carbocycles. The third-order valence-electron chi connectivity index (χ3n) is 3.28. The number of likely N-dealkylation sites (tertiary alicyclic amines) is 1. The van der Waals surface area contributed by atoms with Gasteiger partial charge in [0.1, 0.15) is 10.8 Å². The lowest BCUT2D eigenvalue weighted by Crippen LogP contribution is -2.29. The molecule has 1 aromatic heterocycles. The highest BCUT2D eigenvalue weighted by atomic mass is 35.5. The van der Waals surface area contributed by atoms with Gasteiger partial charge in [-0.25, -0.2) is 4.98 Å². The molecule has 0 bridgehead atoms. The number of hydrogen-bond donors (Lipinski definition) is 0. The Labute approximate surface area is 117 Å². The minimum absolute atomic E-state index is 0.110. The van der Waals surface area contributed by atoms with Crippen molar-refractivity contribution in [3.05, 3.63) is 28.0 Å². The van der Waals surface area contributed by atoms with Gasteiger partial charge in [0.15, 0.2) is 0 Å². The van der Waals surface area contributed by atoms with E-state index in [2.05, 4.69) is 11.9 Å². The van der Waals surface area contributed by atoms with Gasteiger partial charge in [0, 0.05) is 13.1 Å². The number of carbonyl (C=O) groups is 1. The van der Waals surface area contributed by atoms with Gasteiger partial charge in [-0.05, 0) is 30.9 Å². The zero-order chi connectivity index (χ0) is 13.1. The first-order valence-electron chi connectivity index (χ1n) is 6.23. The molecule has 1 aliphatic rings. The van der Waals surface area contributed by atoms with Crippen molar-refractivity contribution in [1.29, 1.82) is 0 Å². The molecule has 0 aliphatic carbocycles. The van der Waals surface area contributed by atoms with Gasteiger partial charge in [-0.2, -0.15) is 0 Å². The summed E-state index contributed by atoms with van der Waals surface area (Å²) in [5, 5.41) is 0.662. The molecule has 1 unspecified atom stereocenters. The lowest BCUT2D eigenvalue weighted by atomic mass is 10.0. The fourth-order valence-corrected chi connectivity index (χ4v) is 2.71. The molecule has 18 heavy (non-hydrogen) atoms. The lowest BCUT2D eigenvalue weighted by molar-refractivity contribution is 0.0781. The van der Waals surface area contributed by atoms with Crippen molar-refractivity contribution >= 4 is 29.1 Å². The maximum absolute atomic E-state index is 12.3. The smallest absolute Gasteiger partial charge is 0.274 e. The van der Waals surface area contributed by atoms with Crippen LogP contribution in [0.3, 0.4) is 0 Å².